The normalized spacial score (nSPS) is 11.8. The highest BCUT2D eigenvalue weighted by molar-refractivity contribution is 7.60. The van der Waals surface area contributed by atoms with Crippen molar-refractivity contribution in [2.45, 2.75) is 33.4 Å². The molecule has 1 N–H and O–H groups in total. The fourth-order valence-electron chi connectivity index (χ4n) is 1.57. The Morgan fingerprint density at radius 2 is 1.92 bits per heavy atom. The number of halogens is 4. The molecule has 0 heterocycles. The highest BCUT2D eigenvalue weighted by atomic mass is 35.5. The molecule has 0 atom stereocenters. The molecule has 0 aromatic heterocycles. The highest BCUT2D eigenvalue weighted by Crippen LogP contribution is 2.34. The molecule has 0 aliphatic rings. The maximum absolute atomic E-state index is 13.0. The smallest absolute Gasteiger partial charge is 0.395 e. The van der Waals surface area contributed by atoms with Crippen molar-refractivity contribution in [2.24, 2.45) is 11.1 Å². The molecule has 0 spiro atoms. The summed E-state index contributed by atoms with van der Waals surface area (Å²) in [6, 6.07) is 3.45. The molecule has 24 heavy (non-hydrogen) atoms. The van der Waals surface area contributed by atoms with Gasteiger partial charge in [0.05, 0.1) is 11.3 Å². The summed E-state index contributed by atoms with van der Waals surface area (Å²) >= 11 is 5.79. The maximum Gasteiger partial charge on any atom is 0.417 e. The lowest BCUT2D eigenvalue weighted by molar-refractivity contribution is -0.137. The van der Waals surface area contributed by atoms with Crippen molar-refractivity contribution in [3.63, 3.8) is 0 Å². The molecule has 1 aromatic rings. The Labute approximate surface area is 145 Å². The average molecular weight is 387 g/mol. The Morgan fingerprint density at radius 1 is 1.38 bits per heavy atom. The van der Waals surface area contributed by atoms with Gasteiger partial charge in [-0.05, 0) is 30.5 Å². The first-order valence-corrected chi connectivity index (χ1v) is 8.30. The van der Waals surface area contributed by atoms with Gasteiger partial charge < -0.3 is 4.84 Å². The Hall–Kier alpha value is -1.61. The lowest BCUT2D eigenvalue weighted by atomic mass is 10.0. The van der Waals surface area contributed by atoms with Gasteiger partial charge in [0.15, 0.2) is 0 Å². The second-order valence-electron chi connectivity index (χ2n) is 5.00. The Morgan fingerprint density at radius 3 is 2.33 bits per heavy atom. The zero-order valence-corrected chi connectivity index (χ0v) is 14.9. The van der Waals surface area contributed by atoms with E-state index in [4.69, 9.17) is 29.6 Å². The van der Waals surface area contributed by atoms with Crippen LogP contribution in [0.5, 0.6) is 0 Å². The molecule has 0 aliphatic carbocycles. The molecular weight excluding hydrogens is 369 g/mol. The van der Waals surface area contributed by atoms with E-state index in [1.54, 1.807) is 6.92 Å². The zero-order chi connectivity index (χ0) is 18.9. The Balaban J connectivity index is 0.00000118. The van der Waals surface area contributed by atoms with E-state index in [1.165, 1.54) is 12.1 Å². The van der Waals surface area contributed by atoms with E-state index in [0.717, 1.165) is 6.07 Å². The average Bonchev–Trinajstić information content (AvgIpc) is 2.41. The maximum atomic E-state index is 13.0. The molecule has 1 aromatic carbocycles. The third-order valence-electron chi connectivity index (χ3n) is 2.52. The van der Waals surface area contributed by atoms with Gasteiger partial charge in [0.2, 0.25) is 0 Å². The molecule has 0 unspecified atom stereocenters. The van der Waals surface area contributed by atoms with Crippen LogP contribution in [-0.2, 0) is 21.5 Å². The largest absolute Gasteiger partial charge is 0.417 e. The van der Waals surface area contributed by atoms with Crippen molar-refractivity contribution in [1.29, 1.82) is 4.78 Å². The molecule has 0 fully saturated rings. The number of rotatable bonds is 5. The van der Waals surface area contributed by atoms with Gasteiger partial charge in [0.1, 0.15) is 6.61 Å². The monoisotopic (exact) mass is 386 g/mol. The molecule has 0 saturated heterocycles. The second kappa shape index (κ2) is 10.3. The summed E-state index contributed by atoms with van der Waals surface area (Å²) in [6.45, 7) is 5.94. The fourth-order valence-corrected chi connectivity index (χ4v) is 1.74. The SMILES string of the molecule is CC/C(=N\OCC(C)C)c1cc(Cl)ccc1C(F)(F)F.N=S(=O)=O. The number of nitrogens with zero attached hydrogens (tertiary/aromatic N) is 1. The molecule has 136 valence electrons. The van der Waals surface area contributed by atoms with E-state index in [1.807, 2.05) is 13.8 Å². The number of alkyl halides is 3. The quantitative estimate of drug-likeness (QED) is 0.584. The molecule has 0 saturated carbocycles. The van der Waals surface area contributed by atoms with Crippen molar-refractivity contribution in [3.8, 4) is 0 Å². The van der Waals surface area contributed by atoms with Crippen molar-refractivity contribution < 1.29 is 26.4 Å². The molecule has 0 amide bonds. The van der Waals surface area contributed by atoms with Crippen molar-refractivity contribution in [3.05, 3.63) is 34.3 Å². The van der Waals surface area contributed by atoms with Crippen LogP contribution >= 0.6 is 11.6 Å². The zero-order valence-electron chi connectivity index (χ0n) is 13.3. The lowest BCUT2D eigenvalue weighted by Crippen LogP contribution is -2.14. The molecule has 5 nitrogen and oxygen atoms in total. The Bertz CT molecular complexity index is 667. The van der Waals surface area contributed by atoms with E-state index in [-0.39, 0.29) is 22.2 Å². The third kappa shape index (κ3) is 8.88. The van der Waals surface area contributed by atoms with Gasteiger partial charge in [-0.25, -0.2) is 0 Å². The fraction of sp³-hybridized carbons (Fsp3) is 0.500. The summed E-state index contributed by atoms with van der Waals surface area (Å²) in [7, 11) is -2.61. The number of benzene rings is 1. The topological polar surface area (TPSA) is 79.6 Å². The van der Waals surface area contributed by atoms with Crippen LogP contribution in [0.4, 0.5) is 13.2 Å². The number of oxime groups is 1. The summed E-state index contributed by atoms with van der Waals surface area (Å²) < 4.78 is 61.8. The first-order chi connectivity index (χ1) is 11.0. The van der Waals surface area contributed by atoms with Crippen LogP contribution in [-0.4, -0.2) is 20.7 Å². The van der Waals surface area contributed by atoms with Gasteiger partial charge in [-0.3, -0.25) is 0 Å². The van der Waals surface area contributed by atoms with Crippen LogP contribution in [0.1, 0.15) is 38.3 Å². The van der Waals surface area contributed by atoms with Crippen LogP contribution < -0.4 is 0 Å². The first-order valence-electron chi connectivity index (χ1n) is 6.85. The Kier molecular flexibility index (Phi) is 9.60. The van der Waals surface area contributed by atoms with Gasteiger partial charge in [0, 0.05) is 10.6 Å². The summed E-state index contributed by atoms with van der Waals surface area (Å²) in [5.74, 6) is 0.248. The predicted molar refractivity (Wildman–Crippen MR) is 85.7 cm³/mol. The van der Waals surface area contributed by atoms with E-state index in [9.17, 15) is 13.2 Å². The van der Waals surface area contributed by atoms with Crippen molar-refractivity contribution >= 4 is 27.8 Å². The third-order valence-corrected chi connectivity index (χ3v) is 2.75. The second-order valence-corrected chi connectivity index (χ2v) is 5.91. The minimum absolute atomic E-state index is 0.0312. The van der Waals surface area contributed by atoms with Crippen LogP contribution in [0, 0.1) is 10.7 Å². The summed E-state index contributed by atoms with van der Waals surface area (Å²) in [5, 5.41) is 4.06. The van der Waals surface area contributed by atoms with Crippen LogP contribution in [0.25, 0.3) is 0 Å². The molecule has 1 rings (SSSR count). The molecule has 0 radical (unpaired) electrons. The predicted octanol–water partition coefficient (Wildman–Crippen LogP) is 4.77. The van der Waals surface area contributed by atoms with Gasteiger partial charge in [0.25, 0.3) is 0 Å². The summed E-state index contributed by atoms with van der Waals surface area (Å²) in [6.07, 6.45) is -4.13. The van der Waals surface area contributed by atoms with Gasteiger partial charge in [-0.1, -0.05) is 37.5 Å². The minimum Gasteiger partial charge on any atom is -0.395 e. The standard InChI is InChI=1S/C14H17ClF3NO.HNO2S/c1-4-13(19-20-8-9(2)3)11-7-10(15)5-6-12(11)14(16,17)18;1-4(2)3/h5-7,9H,4,8H2,1-3H3;1H/b19-13+;. The van der Waals surface area contributed by atoms with E-state index in [0.29, 0.717) is 13.0 Å². The summed E-state index contributed by atoms with van der Waals surface area (Å²) in [5.41, 5.74) is -0.549. The van der Waals surface area contributed by atoms with Crippen LogP contribution in [0.2, 0.25) is 5.02 Å². The van der Waals surface area contributed by atoms with Crippen molar-refractivity contribution in [2.75, 3.05) is 6.61 Å². The number of hydrogen-bond acceptors (Lipinski definition) is 5. The highest BCUT2D eigenvalue weighted by Gasteiger charge is 2.34. The number of hydrogen-bond donors (Lipinski definition) is 1. The van der Waals surface area contributed by atoms with E-state index < -0.39 is 22.2 Å². The molecule has 10 heteroatoms. The van der Waals surface area contributed by atoms with Gasteiger partial charge >= 0.3 is 16.7 Å². The van der Waals surface area contributed by atoms with Gasteiger partial charge in [-0.15, -0.1) is 0 Å². The molecule has 0 aliphatic heterocycles. The minimum atomic E-state index is -4.45. The van der Waals surface area contributed by atoms with Gasteiger partial charge in [-0.2, -0.15) is 26.4 Å². The van der Waals surface area contributed by atoms with E-state index >= 15 is 0 Å². The summed E-state index contributed by atoms with van der Waals surface area (Å²) in [4.78, 5) is 5.09. The van der Waals surface area contributed by atoms with Crippen LogP contribution in [0.15, 0.2) is 23.4 Å². The van der Waals surface area contributed by atoms with E-state index in [2.05, 4.69) is 5.16 Å². The first kappa shape index (κ1) is 22.4. The van der Waals surface area contributed by atoms with Crippen LogP contribution in [0.3, 0.4) is 0 Å². The van der Waals surface area contributed by atoms with Crippen molar-refractivity contribution in [1.82, 2.24) is 0 Å². The lowest BCUT2D eigenvalue weighted by Gasteiger charge is -2.14. The molecular formula is C14H18ClF3N2O3S. The molecule has 0 bridgehead atoms. The number of nitrogens with one attached hydrogen (secondary N) is 1.